The van der Waals surface area contributed by atoms with Crippen LogP contribution in [0.25, 0.3) is 0 Å². The Morgan fingerprint density at radius 3 is 2.70 bits per heavy atom. The van der Waals surface area contributed by atoms with Crippen molar-refractivity contribution in [1.29, 1.82) is 0 Å². The fourth-order valence-electron chi connectivity index (χ4n) is 1.67. The number of nitrogens with two attached hydrogens (primary N) is 1. The molecule has 0 aliphatic carbocycles. The minimum Gasteiger partial charge on any atom is -0.349 e. The zero-order valence-corrected chi connectivity index (χ0v) is 12.5. The molecule has 1 heterocycles. The molecule has 3 N–H and O–H groups in total. The average Bonchev–Trinajstić information content (AvgIpc) is 2.85. The van der Waals surface area contributed by atoms with Crippen molar-refractivity contribution in [3.8, 4) is 0 Å². The third-order valence-electron chi connectivity index (χ3n) is 2.69. The zero-order valence-electron chi connectivity index (χ0n) is 11.7. The molecule has 5 heteroatoms. The van der Waals surface area contributed by atoms with Gasteiger partial charge in [0.15, 0.2) is 0 Å². The van der Waals surface area contributed by atoms with Crippen LogP contribution in [0.3, 0.4) is 0 Å². The first-order valence-corrected chi connectivity index (χ1v) is 7.37. The average molecular weight is 289 g/mol. The van der Waals surface area contributed by atoms with Crippen molar-refractivity contribution in [1.82, 2.24) is 10.3 Å². The Labute approximate surface area is 123 Å². The smallest absolute Gasteiger partial charge is 0.270 e. The molecule has 1 aromatic carbocycles. The first-order chi connectivity index (χ1) is 9.44. The number of amides is 1. The van der Waals surface area contributed by atoms with Gasteiger partial charge in [-0.15, -0.1) is 11.3 Å². The Bertz CT molecular complexity index is 572. The van der Waals surface area contributed by atoms with Gasteiger partial charge in [0.05, 0.1) is 5.01 Å². The molecule has 0 radical (unpaired) electrons. The summed E-state index contributed by atoms with van der Waals surface area (Å²) in [6.45, 7) is 4.17. The summed E-state index contributed by atoms with van der Waals surface area (Å²) in [5.41, 5.74) is 7.07. The van der Waals surface area contributed by atoms with Gasteiger partial charge in [0.1, 0.15) is 5.69 Å². The number of carbonyl (C=O) groups is 1. The molecule has 1 amide bonds. The quantitative estimate of drug-likeness (QED) is 0.886. The van der Waals surface area contributed by atoms with Gasteiger partial charge in [-0.2, -0.15) is 0 Å². The normalized spacial score (nSPS) is 11.3. The van der Waals surface area contributed by atoms with E-state index in [4.69, 9.17) is 5.73 Å². The van der Waals surface area contributed by atoms with E-state index >= 15 is 0 Å². The van der Waals surface area contributed by atoms with Crippen molar-refractivity contribution in [3.05, 3.63) is 52.0 Å². The highest BCUT2D eigenvalue weighted by molar-refractivity contribution is 7.09. The second kappa shape index (κ2) is 6.15. The molecule has 1 aromatic heterocycles. The van der Waals surface area contributed by atoms with Crippen LogP contribution in [-0.4, -0.2) is 23.0 Å². The molecule has 0 fully saturated rings. The van der Waals surface area contributed by atoms with E-state index in [-0.39, 0.29) is 5.91 Å². The van der Waals surface area contributed by atoms with Crippen LogP contribution >= 0.6 is 11.3 Å². The molecular formula is C15H19N3OS. The monoisotopic (exact) mass is 289 g/mol. The fraction of sp³-hybridized carbons (Fsp3) is 0.333. The van der Waals surface area contributed by atoms with Crippen LogP contribution in [0.2, 0.25) is 0 Å². The number of carbonyl (C=O) groups excluding carboxylic acids is 1. The van der Waals surface area contributed by atoms with E-state index in [1.54, 1.807) is 5.38 Å². The third kappa shape index (κ3) is 4.43. The van der Waals surface area contributed by atoms with E-state index in [0.717, 1.165) is 11.4 Å². The first kappa shape index (κ1) is 14.7. The maximum absolute atomic E-state index is 11.9. The molecule has 0 saturated heterocycles. The fourth-order valence-corrected chi connectivity index (χ4v) is 2.47. The Kier molecular flexibility index (Phi) is 4.52. The minimum atomic E-state index is -0.418. The van der Waals surface area contributed by atoms with Crippen LogP contribution in [0.15, 0.2) is 35.7 Å². The first-order valence-electron chi connectivity index (χ1n) is 6.49. The molecule has 106 valence electrons. The van der Waals surface area contributed by atoms with Gasteiger partial charge in [0.2, 0.25) is 0 Å². The number of nitrogens with one attached hydrogen (secondary N) is 1. The lowest BCUT2D eigenvalue weighted by Crippen LogP contribution is -2.45. The van der Waals surface area contributed by atoms with Crippen molar-refractivity contribution in [2.24, 2.45) is 5.73 Å². The summed E-state index contributed by atoms with van der Waals surface area (Å²) in [4.78, 5) is 16.3. The van der Waals surface area contributed by atoms with Crippen molar-refractivity contribution >= 4 is 17.2 Å². The SMILES string of the molecule is CC(C)(N)CNC(=O)c1csc(Cc2ccccc2)n1. The van der Waals surface area contributed by atoms with Crippen LogP contribution in [-0.2, 0) is 6.42 Å². The van der Waals surface area contributed by atoms with Crippen LogP contribution in [0, 0.1) is 0 Å². The summed E-state index contributed by atoms with van der Waals surface area (Å²) in [7, 11) is 0. The number of nitrogens with zero attached hydrogens (tertiary/aromatic N) is 1. The second-order valence-corrected chi connectivity index (χ2v) is 6.40. The van der Waals surface area contributed by atoms with Crippen molar-refractivity contribution < 1.29 is 4.79 Å². The molecule has 0 unspecified atom stereocenters. The summed E-state index contributed by atoms with van der Waals surface area (Å²) in [5, 5.41) is 5.52. The maximum atomic E-state index is 11.9. The highest BCUT2D eigenvalue weighted by atomic mass is 32.1. The Balaban J connectivity index is 1.97. The molecule has 0 aliphatic rings. The van der Waals surface area contributed by atoms with Crippen molar-refractivity contribution in [2.45, 2.75) is 25.8 Å². The van der Waals surface area contributed by atoms with Crippen molar-refractivity contribution in [3.63, 3.8) is 0 Å². The largest absolute Gasteiger partial charge is 0.349 e. The lowest BCUT2D eigenvalue weighted by molar-refractivity contribution is 0.0941. The topological polar surface area (TPSA) is 68.0 Å². The van der Waals surface area contributed by atoms with Crippen LogP contribution in [0.4, 0.5) is 0 Å². The maximum Gasteiger partial charge on any atom is 0.270 e. The van der Waals surface area contributed by atoms with Crippen LogP contribution < -0.4 is 11.1 Å². The van der Waals surface area contributed by atoms with E-state index in [1.807, 2.05) is 32.0 Å². The number of benzene rings is 1. The molecule has 0 atom stereocenters. The molecule has 0 bridgehead atoms. The van der Waals surface area contributed by atoms with Gasteiger partial charge < -0.3 is 11.1 Å². The molecule has 0 aliphatic heterocycles. The summed E-state index contributed by atoms with van der Waals surface area (Å²) in [5.74, 6) is -0.168. The summed E-state index contributed by atoms with van der Waals surface area (Å²) in [6.07, 6.45) is 0.751. The number of hydrogen-bond acceptors (Lipinski definition) is 4. The lowest BCUT2D eigenvalue weighted by Gasteiger charge is -2.18. The molecule has 4 nitrogen and oxygen atoms in total. The van der Waals surface area contributed by atoms with Gasteiger partial charge in [-0.25, -0.2) is 4.98 Å². The molecular weight excluding hydrogens is 270 g/mol. The molecule has 2 rings (SSSR count). The van der Waals surface area contributed by atoms with Crippen molar-refractivity contribution in [2.75, 3.05) is 6.54 Å². The molecule has 0 spiro atoms. The van der Waals surface area contributed by atoms with Crippen LogP contribution in [0.1, 0.15) is 34.9 Å². The number of aromatic nitrogens is 1. The van der Waals surface area contributed by atoms with E-state index in [0.29, 0.717) is 12.2 Å². The lowest BCUT2D eigenvalue weighted by atomic mass is 10.1. The number of hydrogen-bond donors (Lipinski definition) is 2. The second-order valence-electron chi connectivity index (χ2n) is 5.46. The number of rotatable bonds is 5. The predicted molar refractivity (Wildman–Crippen MR) is 82.0 cm³/mol. The third-order valence-corrected chi connectivity index (χ3v) is 3.54. The van der Waals surface area contributed by atoms with Gasteiger partial charge in [-0.05, 0) is 19.4 Å². The van der Waals surface area contributed by atoms with Crippen LogP contribution in [0.5, 0.6) is 0 Å². The highest BCUT2D eigenvalue weighted by Gasteiger charge is 2.15. The zero-order chi connectivity index (χ0) is 14.6. The van der Waals surface area contributed by atoms with E-state index in [2.05, 4.69) is 22.4 Å². The molecule has 20 heavy (non-hydrogen) atoms. The summed E-state index contributed by atoms with van der Waals surface area (Å²) >= 11 is 1.50. The molecule has 0 saturated carbocycles. The Morgan fingerprint density at radius 1 is 1.35 bits per heavy atom. The van der Waals surface area contributed by atoms with Gasteiger partial charge in [0.25, 0.3) is 5.91 Å². The van der Waals surface area contributed by atoms with Gasteiger partial charge >= 0.3 is 0 Å². The predicted octanol–water partition coefficient (Wildman–Crippen LogP) is 2.20. The van der Waals surface area contributed by atoms with E-state index in [9.17, 15) is 4.79 Å². The highest BCUT2D eigenvalue weighted by Crippen LogP contribution is 2.14. The van der Waals surface area contributed by atoms with Gasteiger partial charge in [-0.1, -0.05) is 30.3 Å². The van der Waals surface area contributed by atoms with Gasteiger partial charge in [0, 0.05) is 23.9 Å². The standard InChI is InChI=1S/C15H19N3OS/c1-15(2,16)10-17-14(19)12-9-20-13(18-12)8-11-6-4-3-5-7-11/h3-7,9H,8,10,16H2,1-2H3,(H,17,19). The summed E-state index contributed by atoms with van der Waals surface area (Å²) < 4.78 is 0. The molecule has 2 aromatic rings. The van der Waals surface area contributed by atoms with E-state index < -0.39 is 5.54 Å². The number of thiazole rings is 1. The van der Waals surface area contributed by atoms with Gasteiger partial charge in [-0.3, -0.25) is 4.79 Å². The Hall–Kier alpha value is -1.72. The summed E-state index contributed by atoms with van der Waals surface area (Å²) in [6, 6.07) is 10.1. The minimum absolute atomic E-state index is 0.168. The van der Waals surface area contributed by atoms with E-state index in [1.165, 1.54) is 16.9 Å². The Morgan fingerprint density at radius 2 is 2.05 bits per heavy atom.